The summed E-state index contributed by atoms with van der Waals surface area (Å²) in [4.78, 5) is 11.4. The molecule has 0 atom stereocenters. The lowest BCUT2D eigenvalue weighted by atomic mass is 10.1. The highest BCUT2D eigenvalue weighted by Crippen LogP contribution is 2.35. The average molecular weight is 419 g/mol. The molecule has 0 radical (unpaired) electrons. The quantitative estimate of drug-likeness (QED) is 0.425. The fraction of sp³-hybridized carbons (Fsp3) is 0.208. The van der Waals surface area contributed by atoms with Crippen LogP contribution in [0, 0.1) is 0 Å². The molecule has 0 spiro atoms. The van der Waals surface area contributed by atoms with Crippen LogP contribution in [0.3, 0.4) is 0 Å². The smallest absolute Gasteiger partial charge is 0.323 e. The lowest BCUT2D eigenvalue weighted by Gasteiger charge is -2.09. The largest absolute Gasteiger partial charge is 0.493 e. The number of carbonyl (C=O) groups is 1. The third kappa shape index (κ3) is 3.82. The normalized spacial score (nSPS) is 12.4. The van der Waals surface area contributed by atoms with Crippen molar-refractivity contribution >= 4 is 27.8 Å². The first kappa shape index (κ1) is 19.1. The van der Waals surface area contributed by atoms with Gasteiger partial charge in [-0.25, -0.2) is 0 Å². The van der Waals surface area contributed by atoms with Crippen molar-refractivity contribution in [1.29, 1.82) is 0 Å². The number of aromatic nitrogens is 1. The maximum absolute atomic E-state index is 11.4. The van der Waals surface area contributed by atoms with Crippen LogP contribution in [0.4, 0.5) is 0 Å². The van der Waals surface area contributed by atoms with Crippen molar-refractivity contribution in [3.05, 3.63) is 60.7 Å². The molecule has 4 aromatic rings. The Bertz CT molecular complexity index is 1260. The highest BCUT2D eigenvalue weighted by Gasteiger charge is 2.14. The zero-order valence-electron chi connectivity index (χ0n) is 16.7. The number of hydrogen-bond acceptors (Lipinski definition) is 5. The molecule has 1 aromatic heterocycles. The molecule has 3 aromatic carbocycles. The summed E-state index contributed by atoms with van der Waals surface area (Å²) >= 11 is 0. The molecule has 31 heavy (non-hydrogen) atoms. The van der Waals surface area contributed by atoms with Gasteiger partial charge in [0.2, 0.25) is 6.79 Å². The number of benzene rings is 3. The average Bonchev–Trinajstić information content (AvgIpc) is 3.36. The summed E-state index contributed by atoms with van der Waals surface area (Å²) in [6.45, 7) is 1.12. The molecule has 0 aliphatic carbocycles. The standard InChI is InChI=1S/C24H21NO6/c26-24(27)14-25-20-5-2-1-4-18(20)19-8-6-16(12-21(19)25)28-10-3-11-29-17-7-9-22-23(13-17)31-15-30-22/h1-2,4-9,12-13H,3,10-11,14-15H2,(H,26,27). The second kappa shape index (κ2) is 8.10. The van der Waals surface area contributed by atoms with Crippen LogP contribution in [-0.4, -0.2) is 35.6 Å². The number of carboxylic acid groups (broad SMARTS) is 1. The lowest BCUT2D eigenvalue weighted by Crippen LogP contribution is -2.08. The van der Waals surface area contributed by atoms with E-state index in [-0.39, 0.29) is 13.3 Å². The van der Waals surface area contributed by atoms with Crippen LogP contribution in [0.25, 0.3) is 21.8 Å². The predicted molar refractivity (Wildman–Crippen MR) is 115 cm³/mol. The molecule has 0 bridgehead atoms. The van der Waals surface area contributed by atoms with Gasteiger partial charge in [0.25, 0.3) is 0 Å². The maximum atomic E-state index is 11.4. The van der Waals surface area contributed by atoms with Crippen molar-refractivity contribution in [1.82, 2.24) is 4.57 Å². The van der Waals surface area contributed by atoms with E-state index < -0.39 is 5.97 Å². The van der Waals surface area contributed by atoms with Crippen LogP contribution in [0.5, 0.6) is 23.0 Å². The molecule has 5 rings (SSSR count). The van der Waals surface area contributed by atoms with Crippen LogP contribution in [0.1, 0.15) is 6.42 Å². The fourth-order valence-electron chi connectivity index (χ4n) is 3.83. The van der Waals surface area contributed by atoms with Gasteiger partial charge in [-0.1, -0.05) is 18.2 Å². The lowest BCUT2D eigenvalue weighted by molar-refractivity contribution is -0.137. The summed E-state index contributed by atoms with van der Waals surface area (Å²) in [5.41, 5.74) is 1.74. The number of aliphatic carboxylic acids is 1. The van der Waals surface area contributed by atoms with Gasteiger partial charge in [-0.05, 0) is 30.3 Å². The first-order valence-electron chi connectivity index (χ1n) is 10.1. The number of fused-ring (bicyclic) bond motifs is 4. The van der Waals surface area contributed by atoms with Gasteiger partial charge in [0.15, 0.2) is 11.5 Å². The van der Waals surface area contributed by atoms with Crippen LogP contribution in [0.15, 0.2) is 60.7 Å². The van der Waals surface area contributed by atoms with Gasteiger partial charge in [-0.2, -0.15) is 0 Å². The Balaban J connectivity index is 1.24. The van der Waals surface area contributed by atoms with E-state index >= 15 is 0 Å². The number of rotatable bonds is 8. The summed E-state index contributed by atoms with van der Waals surface area (Å²) in [6.07, 6.45) is 0.699. The second-order valence-electron chi connectivity index (χ2n) is 7.24. The molecule has 0 saturated carbocycles. The van der Waals surface area contributed by atoms with Crippen molar-refractivity contribution in [3.63, 3.8) is 0 Å². The summed E-state index contributed by atoms with van der Waals surface area (Å²) in [6, 6.07) is 19.1. The minimum absolute atomic E-state index is 0.100. The van der Waals surface area contributed by atoms with Crippen molar-refractivity contribution in [3.8, 4) is 23.0 Å². The highest BCUT2D eigenvalue weighted by atomic mass is 16.7. The molecule has 2 heterocycles. The van der Waals surface area contributed by atoms with Gasteiger partial charge in [-0.15, -0.1) is 0 Å². The zero-order chi connectivity index (χ0) is 21.2. The molecule has 0 amide bonds. The Hall–Kier alpha value is -3.87. The molecule has 1 N–H and O–H groups in total. The van der Waals surface area contributed by atoms with Crippen molar-refractivity contribution in [2.24, 2.45) is 0 Å². The number of carboxylic acids is 1. The molecule has 7 nitrogen and oxygen atoms in total. The maximum Gasteiger partial charge on any atom is 0.323 e. The number of para-hydroxylation sites is 1. The molecule has 0 fully saturated rings. The molecular weight excluding hydrogens is 398 g/mol. The van der Waals surface area contributed by atoms with E-state index in [2.05, 4.69) is 0 Å². The molecule has 1 aliphatic rings. The zero-order valence-corrected chi connectivity index (χ0v) is 16.7. The van der Waals surface area contributed by atoms with Gasteiger partial charge in [0.1, 0.15) is 18.0 Å². The third-order valence-corrected chi connectivity index (χ3v) is 5.21. The van der Waals surface area contributed by atoms with E-state index in [1.165, 1.54) is 0 Å². The molecule has 0 unspecified atom stereocenters. The first-order chi connectivity index (χ1) is 15.2. The van der Waals surface area contributed by atoms with Crippen LogP contribution in [0.2, 0.25) is 0 Å². The van der Waals surface area contributed by atoms with E-state index in [1.54, 1.807) is 0 Å². The van der Waals surface area contributed by atoms with E-state index in [1.807, 2.05) is 65.2 Å². The molecule has 158 valence electrons. The van der Waals surface area contributed by atoms with Crippen molar-refractivity contribution in [2.75, 3.05) is 20.0 Å². The third-order valence-electron chi connectivity index (χ3n) is 5.21. The summed E-state index contributed by atoms with van der Waals surface area (Å²) in [5.74, 6) is 1.97. The van der Waals surface area contributed by atoms with E-state index in [0.717, 1.165) is 33.3 Å². The van der Waals surface area contributed by atoms with Crippen LogP contribution < -0.4 is 18.9 Å². The van der Waals surface area contributed by atoms with E-state index in [0.29, 0.717) is 31.1 Å². The molecular formula is C24H21NO6. The minimum atomic E-state index is -0.880. The second-order valence-corrected chi connectivity index (χ2v) is 7.24. The highest BCUT2D eigenvalue weighted by molar-refractivity contribution is 6.08. The van der Waals surface area contributed by atoms with Gasteiger partial charge in [-0.3, -0.25) is 4.79 Å². The summed E-state index contributed by atoms with van der Waals surface area (Å²) in [7, 11) is 0. The van der Waals surface area contributed by atoms with Crippen LogP contribution in [-0.2, 0) is 11.3 Å². The molecule has 7 heteroatoms. The fourth-order valence-corrected chi connectivity index (χ4v) is 3.83. The van der Waals surface area contributed by atoms with Gasteiger partial charge >= 0.3 is 5.97 Å². The van der Waals surface area contributed by atoms with Gasteiger partial charge < -0.3 is 28.6 Å². The van der Waals surface area contributed by atoms with Crippen molar-refractivity contribution in [2.45, 2.75) is 13.0 Å². The molecule has 0 saturated heterocycles. The monoisotopic (exact) mass is 419 g/mol. The summed E-state index contributed by atoms with van der Waals surface area (Å²) < 4.78 is 24.1. The number of hydrogen-bond donors (Lipinski definition) is 1. The van der Waals surface area contributed by atoms with E-state index in [4.69, 9.17) is 18.9 Å². The Labute approximate surface area is 178 Å². The Morgan fingerprint density at radius 3 is 2.42 bits per heavy atom. The first-order valence-corrected chi connectivity index (χ1v) is 10.1. The van der Waals surface area contributed by atoms with Crippen LogP contribution >= 0.6 is 0 Å². The van der Waals surface area contributed by atoms with E-state index in [9.17, 15) is 9.90 Å². The van der Waals surface area contributed by atoms with Gasteiger partial charge in [0.05, 0.1) is 18.7 Å². The minimum Gasteiger partial charge on any atom is -0.493 e. The number of ether oxygens (including phenoxy) is 4. The topological polar surface area (TPSA) is 79.2 Å². The van der Waals surface area contributed by atoms with Gasteiger partial charge in [0, 0.05) is 34.8 Å². The predicted octanol–water partition coefficient (Wildman–Crippen LogP) is 4.46. The molecule has 1 aliphatic heterocycles. The number of nitrogens with zero attached hydrogens (tertiary/aromatic N) is 1. The Morgan fingerprint density at radius 1 is 0.871 bits per heavy atom. The Morgan fingerprint density at radius 2 is 1.58 bits per heavy atom. The SMILES string of the molecule is O=C(O)Cn1c2ccccc2c2ccc(OCCCOc3ccc4c(c3)OCO4)cc21. The Kier molecular flexibility index (Phi) is 5.00. The summed E-state index contributed by atoms with van der Waals surface area (Å²) in [5, 5.41) is 11.4. The van der Waals surface area contributed by atoms with Crippen molar-refractivity contribution < 1.29 is 28.8 Å².